The van der Waals surface area contributed by atoms with Crippen LogP contribution < -0.4 is 14.4 Å². The predicted octanol–water partition coefficient (Wildman–Crippen LogP) is 3.42. The number of anilines is 2. The number of hydrogen-bond donors (Lipinski definition) is 1. The number of halogens is 1. The number of carbonyl (C=O) groups excluding carboxylic acids is 1. The maximum Gasteiger partial charge on any atom is 0.267 e. The number of carbonyl (C=O) groups is 1. The van der Waals surface area contributed by atoms with E-state index in [1.165, 1.54) is 30.3 Å². The van der Waals surface area contributed by atoms with Crippen molar-refractivity contribution in [1.82, 2.24) is 0 Å². The van der Waals surface area contributed by atoms with Crippen LogP contribution in [-0.4, -0.2) is 27.0 Å². The number of sulfonamides is 1. The van der Waals surface area contributed by atoms with Gasteiger partial charge in [-0.05, 0) is 36.4 Å². The quantitative estimate of drug-likeness (QED) is 0.713. The normalized spacial score (nSPS) is 15.9. The molecule has 0 saturated carbocycles. The van der Waals surface area contributed by atoms with Crippen LogP contribution in [0.2, 0.25) is 0 Å². The summed E-state index contributed by atoms with van der Waals surface area (Å²) in [5, 5.41) is 2.46. The first kappa shape index (κ1) is 18.9. The maximum atomic E-state index is 13.9. The number of nitrogens with one attached hydrogen (secondary N) is 1. The average Bonchev–Trinajstić information content (AvgIpc) is 2.75. The van der Waals surface area contributed by atoms with Gasteiger partial charge in [0, 0.05) is 0 Å². The van der Waals surface area contributed by atoms with Gasteiger partial charge in [-0.25, -0.2) is 12.8 Å². The molecule has 0 aromatic heterocycles. The average molecular weight is 412 g/mol. The first-order valence-electron chi connectivity index (χ1n) is 8.86. The second kappa shape index (κ2) is 7.56. The molecule has 0 bridgehead atoms. The Morgan fingerprint density at radius 2 is 1.62 bits per heavy atom. The zero-order chi connectivity index (χ0) is 20.4. The fourth-order valence-electron chi connectivity index (χ4n) is 3.06. The molecule has 0 fully saturated rings. The molecule has 1 aliphatic rings. The first-order chi connectivity index (χ1) is 14.0. The van der Waals surface area contributed by atoms with Crippen LogP contribution in [0.15, 0.2) is 83.8 Å². The summed E-state index contributed by atoms with van der Waals surface area (Å²) in [5.41, 5.74) is 0.337. The lowest BCUT2D eigenvalue weighted by molar-refractivity contribution is -0.122. The largest absolute Gasteiger partial charge is 0.476 e. The highest BCUT2D eigenvalue weighted by molar-refractivity contribution is 7.92. The van der Waals surface area contributed by atoms with Gasteiger partial charge in [0.25, 0.3) is 15.9 Å². The van der Waals surface area contributed by atoms with Gasteiger partial charge in [-0.15, -0.1) is 0 Å². The molecule has 1 N–H and O–H groups in total. The van der Waals surface area contributed by atoms with Crippen molar-refractivity contribution in [3.8, 4) is 5.75 Å². The van der Waals surface area contributed by atoms with E-state index in [1.54, 1.807) is 48.5 Å². The molecule has 0 unspecified atom stereocenters. The van der Waals surface area contributed by atoms with Crippen LogP contribution in [0, 0.1) is 5.82 Å². The van der Waals surface area contributed by atoms with Crippen LogP contribution in [0.25, 0.3) is 0 Å². The lowest BCUT2D eigenvalue weighted by atomic mass is 10.2. The van der Waals surface area contributed by atoms with Crippen molar-refractivity contribution >= 4 is 27.3 Å². The summed E-state index contributed by atoms with van der Waals surface area (Å²) in [6, 6.07) is 20.3. The summed E-state index contributed by atoms with van der Waals surface area (Å²) in [6.45, 7) is -0.242. The molecule has 29 heavy (non-hydrogen) atoms. The molecule has 3 aromatic carbocycles. The Bertz CT molecular complexity index is 1150. The van der Waals surface area contributed by atoms with Gasteiger partial charge in [0.05, 0.1) is 22.8 Å². The molecule has 8 heteroatoms. The van der Waals surface area contributed by atoms with Crippen molar-refractivity contribution in [2.45, 2.75) is 11.0 Å². The summed E-state index contributed by atoms with van der Waals surface area (Å²) in [4.78, 5) is 12.8. The molecular weight excluding hydrogens is 395 g/mol. The summed E-state index contributed by atoms with van der Waals surface area (Å²) >= 11 is 0. The fraction of sp³-hybridized carbons (Fsp3) is 0.0952. The van der Waals surface area contributed by atoms with Gasteiger partial charge in [-0.3, -0.25) is 9.10 Å². The number of nitrogens with zero attached hydrogens (tertiary/aromatic N) is 1. The van der Waals surface area contributed by atoms with Crippen LogP contribution >= 0.6 is 0 Å². The molecule has 0 aliphatic carbocycles. The molecule has 0 spiro atoms. The number of ether oxygens (including phenoxy) is 1. The molecule has 6 nitrogen and oxygen atoms in total. The predicted molar refractivity (Wildman–Crippen MR) is 107 cm³/mol. The third-order valence-corrected chi connectivity index (χ3v) is 6.28. The van der Waals surface area contributed by atoms with E-state index in [1.807, 2.05) is 0 Å². The second-order valence-corrected chi connectivity index (χ2v) is 8.25. The summed E-state index contributed by atoms with van der Waals surface area (Å²) < 4.78 is 47.2. The van der Waals surface area contributed by atoms with Crippen LogP contribution in [0.4, 0.5) is 15.8 Å². The third kappa shape index (κ3) is 3.66. The molecule has 0 radical (unpaired) electrons. The maximum absolute atomic E-state index is 13.9. The minimum Gasteiger partial charge on any atom is -0.476 e. The SMILES string of the molecule is O=C(Nc1ccccc1F)[C@@H]1CN(S(=O)(=O)c2ccccc2)c2ccccc2O1. The van der Waals surface area contributed by atoms with Crippen LogP contribution in [0.3, 0.4) is 0 Å². The van der Waals surface area contributed by atoms with E-state index in [-0.39, 0.29) is 22.9 Å². The molecule has 1 atom stereocenters. The Kier molecular flexibility index (Phi) is 4.94. The molecule has 1 amide bonds. The second-order valence-electron chi connectivity index (χ2n) is 6.39. The van der Waals surface area contributed by atoms with Gasteiger partial charge in [0.15, 0.2) is 6.10 Å². The van der Waals surface area contributed by atoms with Crippen molar-refractivity contribution < 1.29 is 22.3 Å². The molecule has 3 aromatic rings. The summed E-state index contributed by atoms with van der Waals surface area (Å²) in [6.07, 6.45) is -1.15. The van der Waals surface area contributed by atoms with Crippen molar-refractivity contribution in [1.29, 1.82) is 0 Å². The third-order valence-electron chi connectivity index (χ3n) is 4.49. The van der Waals surface area contributed by atoms with E-state index >= 15 is 0 Å². The highest BCUT2D eigenvalue weighted by atomic mass is 32.2. The minimum absolute atomic E-state index is 0.00238. The van der Waals surface area contributed by atoms with Crippen molar-refractivity contribution in [2.24, 2.45) is 0 Å². The Hall–Kier alpha value is -3.39. The van der Waals surface area contributed by atoms with E-state index in [0.717, 1.165) is 4.31 Å². The van der Waals surface area contributed by atoms with Crippen molar-refractivity contribution in [2.75, 3.05) is 16.2 Å². The smallest absolute Gasteiger partial charge is 0.267 e. The van der Waals surface area contributed by atoms with Gasteiger partial charge in [0.2, 0.25) is 0 Å². The van der Waals surface area contributed by atoms with Gasteiger partial charge < -0.3 is 10.1 Å². The van der Waals surface area contributed by atoms with Crippen molar-refractivity contribution in [3.05, 3.63) is 84.7 Å². The zero-order valence-electron chi connectivity index (χ0n) is 15.2. The summed E-state index contributed by atoms with van der Waals surface area (Å²) in [7, 11) is -3.92. The molecule has 1 heterocycles. The Labute approximate surface area is 167 Å². The Balaban J connectivity index is 1.68. The lowest BCUT2D eigenvalue weighted by Crippen LogP contribution is -2.48. The number of amides is 1. The number of benzene rings is 3. The molecule has 1 aliphatic heterocycles. The van der Waals surface area contributed by atoms with E-state index < -0.39 is 27.9 Å². The monoisotopic (exact) mass is 412 g/mol. The fourth-order valence-corrected chi connectivity index (χ4v) is 4.56. The topological polar surface area (TPSA) is 75.7 Å². The van der Waals surface area contributed by atoms with Gasteiger partial charge in [-0.1, -0.05) is 42.5 Å². The minimum atomic E-state index is -3.92. The zero-order valence-corrected chi connectivity index (χ0v) is 16.0. The van der Waals surface area contributed by atoms with E-state index in [9.17, 15) is 17.6 Å². The number of para-hydroxylation sites is 3. The van der Waals surface area contributed by atoms with Crippen LogP contribution in [0.1, 0.15) is 0 Å². The number of fused-ring (bicyclic) bond motifs is 1. The highest BCUT2D eigenvalue weighted by Crippen LogP contribution is 2.37. The highest BCUT2D eigenvalue weighted by Gasteiger charge is 2.37. The molecule has 148 valence electrons. The molecule has 4 rings (SSSR count). The van der Waals surface area contributed by atoms with Crippen LogP contribution in [0.5, 0.6) is 5.75 Å². The number of hydrogen-bond acceptors (Lipinski definition) is 4. The van der Waals surface area contributed by atoms with Gasteiger partial charge in [-0.2, -0.15) is 0 Å². The Morgan fingerprint density at radius 1 is 0.966 bits per heavy atom. The van der Waals surface area contributed by atoms with Gasteiger partial charge >= 0.3 is 0 Å². The van der Waals surface area contributed by atoms with E-state index in [2.05, 4.69) is 5.32 Å². The molecule has 0 saturated heterocycles. The number of rotatable bonds is 4. The van der Waals surface area contributed by atoms with Gasteiger partial charge in [0.1, 0.15) is 11.6 Å². The van der Waals surface area contributed by atoms with E-state index in [4.69, 9.17) is 4.74 Å². The van der Waals surface area contributed by atoms with Crippen molar-refractivity contribution in [3.63, 3.8) is 0 Å². The standard InChI is InChI=1S/C21H17FN2O4S/c22-16-10-4-5-11-17(16)23-21(25)20-14-24(18-12-6-7-13-19(18)28-20)29(26,27)15-8-2-1-3-9-15/h1-13,20H,14H2,(H,23,25)/t20-/m0/s1. The molecular formula is C21H17FN2O4S. The lowest BCUT2D eigenvalue weighted by Gasteiger charge is -2.34. The Morgan fingerprint density at radius 3 is 2.38 bits per heavy atom. The van der Waals surface area contributed by atoms with E-state index in [0.29, 0.717) is 5.69 Å². The summed E-state index contributed by atoms with van der Waals surface area (Å²) in [5.74, 6) is -0.976. The first-order valence-corrected chi connectivity index (χ1v) is 10.3. The van der Waals surface area contributed by atoms with Crippen LogP contribution in [-0.2, 0) is 14.8 Å².